The van der Waals surface area contributed by atoms with Crippen molar-refractivity contribution in [2.45, 2.75) is 13.1 Å². The van der Waals surface area contributed by atoms with Gasteiger partial charge in [0, 0.05) is 55.0 Å². The first-order valence-electron chi connectivity index (χ1n) is 7.76. The highest BCUT2D eigenvalue weighted by atomic mass is 32.1. The average Bonchev–Trinajstić information content (AvgIpc) is 3.35. The van der Waals surface area contributed by atoms with Gasteiger partial charge in [0.05, 0.1) is 5.69 Å². The van der Waals surface area contributed by atoms with Crippen molar-refractivity contribution in [1.82, 2.24) is 35.0 Å². The van der Waals surface area contributed by atoms with Gasteiger partial charge in [0.1, 0.15) is 0 Å². The van der Waals surface area contributed by atoms with Gasteiger partial charge in [-0.2, -0.15) is 5.10 Å². The fraction of sp³-hybridized carbons (Fsp3) is 0.118. The Morgan fingerprint density at radius 1 is 0.960 bits per heavy atom. The maximum absolute atomic E-state index is 4.58. The molecule has 4 rings (SSSR count). The minimum absolute atomic E-state index is 0.659. The van der Waals surface area contributed by atoms with Crippen molar-refractivity contribution < 1.29 is 0 Å². The highest BCUT2D eigenvalue weighted by Crippen LogP contribution is 2.19. The Balaban J connectivity index is 1.42. The Kier molecular flexibility index (Phi) is 4.53. The Labute approximate surface area is 148 Å². The molecule has 25 heavy (non-hydrogen) atoms. The lowest BCUT2D eigenvalue weighted by molar-refractivity contribution is 0.672. The third kappa shape index (κ3) is 3.59. The van der Waals surface area contributed by atoms with Crippen LogP contribution in [0.15, 0.2) is 60.6 Å². The van der Waals surface area contributed by atoms with E-state index in [0.29, 0.717) is 18.9 Å². The van der Waals surface area contributed by atoms with Crippen LogP contribution in [0.3, 0.4) is 0 Å². The number of thiazole rings is 1. The molecule has 0 unspecified atom stereocenters. The minimum atomic E-state index is 0.659. The molecule has 0 fully saturated rings. The number of hydrogen-bond acceptors (Lipinski definition) is 7. The zero-order valence-electron chi connectivity index (χ0n) is 13.3. The van der Waals surface area contributed by atoms with E-state index in [0.717, 1.165) is 22.1 Å². The third-order valence-electron chi connectivity index (χ3n) is 3.52. The fourth-order valence-electron chi connectivity index (χ4n) is 2.39. The van der Waals surface area contributed by atoms with E-state index in [9.17, 15) is 0 Å². The molecule has 0 aromatic carbocycles. The van der Waals surface area contributed by atoms with Gasteiger partial charge in [0.25, 0.3) is 0 Å². The summed E-state index contributed by atoms with van der Waals surface area (Å²) in [4.78, 5) is 17.5. The normalized spacial score (nSPS) is 10.9. The molecule has 0 amide bonds. The molecule has 1 N–H and O–H groups in total. The van der Waals surface area contributed by atoms with Gasteiger partial charge in [-0.3, -0.25) is 0 Å². The molecule has 4 aromatic rings. The van der Waals surface area contributed by atoms with E-state index < -0.39 is 0 Å². The second kappa shape index (κ2) is 7.29. The molecule has 0 spiro atoms. The van der Waals surface area contributed by atoms with Crippen molar-refractivity contribution in [3.05, 3.63) is 71.9 Å². The summed E-state index contributed by atoms with van der Waals surface area (Å²) >= 11 is 1.55. The lowest BCUT2D eigenvalue weighted by Gasteiger charge is -2.08. The molecule has 7 nitrogen and oxygen atoms in total. The van der Waals surface area contributed by atoms with E-state index in [1.165, 1.54) is 0 Å². The number of hydrogen-bond donors (Lipinski definition) is 1. The molecular formula is C17H15N7S. The second-order valence-corrected chi connectivity index (χ2v) is 6.11. The van der Waals surface area contributed by atoms with Crippen molar-refractivity contribution in [3.63, 3.8) is 0 Å². The highest BCUT2D eigenvalue weighted by Gasteiger charge is 2.08. The predicted molar refractivity (Wildman–Crippen MR) is 95.0 cm³/mol. The van der Waals surface area contributed by atoms with Gasteiger partial charge in [0.2, 0.25) is 0 Å². The molecule has 4 aromatic heterocycles. The van der Waals surface area contributed by atoms with Gasteiger partial charge >= 0.3 is 0 Å². The van der Waals surface area contributed by atoms with Crippen LogP contribution in [-0.2, 0) is 13.1 Å². The second-order valence-electron chi connectivity index (χ2n) is 5.26. The fourth-order valence-corrected chi connectivity index (χ4v) is 3.16. The highest BCUT2D eigenvalue weighted by molar-refractivity contribution is 7.13. The Morgan fingerprint density at radius 3 is 2.68 bits per heavy atom. The first-order valence-corrected chi connectivity index (χ1v) is 8.64. The Bertz CT molecular complexity index is 935. The van der Waals surface area contributed by atoms with Crippen molar-refractivity contribution in [1.29, 1.82) is 0 Å². The first kappa shape index (κ1) is 15.6. The van der Waals surface area contributed by atoms with E-state index in [2.05, 4.69) is 30.4 Å². The van der Waals surface area contributed by atoms with Crippen LogP contribution in [0.5, 0.6) is 0 Å². The molecule has 0 aliphatic heterocycles. The van der Waals surface area contributed by atoms with Gasteiger partial charge in [-0.25, -0.2) is 24.6 Å². The molecule has 0 radical (unpaired) electrons. The maximum atomic E-state index is 4.58. The van der Waals surface area contributed by atoms with Gasteiger partial charge in [-0.1, -0.05) is 6.07 Å². The van der Waals surface area contributed by atoms with Crippen LogP contribution in [0, 0.1) is 0 Å². The summed E-state index contributed by atoms with van der Waals surface area (Å²) in [7, 11) is 0. The first-order chi connectivity index (χ1) is 12.4. The van der Waals surface area contributed by atoms with Crippen LogP contribution in [0.25, 0.3) is 16.6 Å². The van der Waals surface area contributed by atoms with Crippen LogP contribution in [0.1, 0.15) is 11.3 Å². The summed E-state index contributed by atoms with van der Waals surface area (Å²) in [6.45, 7) is 1.34. The molecule has 0 saturated heterocycles. The topological polar surface area (TPSA) is 81.4 Å². The standard InChI is InChI=1S/C17H15N7S/c1-4-13(16(21-5-1)24-9-3-8-22-24)10-18-11-14-12-25-17(23-14)15-19-6-2-7-20-15/h1-9,12,18H,10-11H2. The average molecular weight is 349 g/mol. The Hall–Kier alpha value is -2.97. The number of rotatable bonds is 6. The lowest BCUT2D eigenvalue weighted by atomic mass is 10.2. The van der Waals surface area contributed by atoms with Gasteiger partial charge in [-0.05, 0) is 18.2 Å². The molecule has 0 bridgehead atoms. The predicted octanol–water partition coefficient (Wildman–Crippen LogP) is 2.47. The van der Waals surface area contributed by atoms with Crippen molar-refractivity contribution in [2.75, 3.05) is 0 Å². The number of aromatic nitrogens is 6. The minimum Gasteiger partial charge on any atom is -0.307 e. The maximum Gasteiger partial charge on any atom is 0.188 e. The molecule has 0 aliphatic carbocycles. The summed E-state index contributed by atoms with van der Waals surface area (Å²) in [5.41, 5.74) is 2.05. The lowest BCUT2D eigenvalue weighted by Crippen LogP contribution is -2.15. The summed E-state index contributed by atoms with van der Waals surface area (Å²) in [6.07, 6.45) is 8.85. The zero-order chi connectivity index (χ0) is 16.9. The van der Waals surface area contributed by atoms with E-state index in [1.54, 1.807) is 46.9 Å². The summed E-state index contributed by atoms with van der Waals surface area (Å²) in [6, 6.07) is 7.65. The summed E-state index contributed by atoms with van der Waals surface area (Å²) in [5, 5.41) is 10.5. The quantitative estimate of drug-likeness (QED) is 0.576. The molecule has 124 valence electrons. The van der Waals surface area contributed by atoms with Gasteiger partial charge in [0.15, 0.2) is 16.6 Å². The number of nitrogens with one attached hydrogen (secondary N) is 1. The van der Waals surface area contributed by atoms with Crippen LogP contribution >= 0.6 is 11.3 Å². The molecule has 4 heterocycles. The molecule has 0 aliphatic rings. The van der Waals surface area contributed by atoms with E-state index in [1.807, 2.05) is 29.8 Å². The van der Waals surface area contributed by atoms with Crippen molar-refractivity contribution in [3.8, 4) is 16.6 Å². The van der Waals surface area contributed by atoms with Gasteiger partial charge < -0.3 is 5.32 Å². The molecule has 8 heteroatoms. The smallest absolute Gasteiger partial charge is 0.188 e. The Morgan fingerprint density at radius 2 is 1.84 bits per heavy atom. The van der Waals surface area contributed by atoms with Crippen LogP contribution in [0.2, 0.25) is 0 Å². The molecule has 0 atom stereocenters. The van der Waals surface area contributed by atoms with Crippen LogP contribution in [0.4, 0.5) is 0 Å². The van der Waals surface area contributed by atoms with Crippen molar-refractivity contribution in [2.24, 2.45) is 0 Å². The molecule has 0 saturated carbocycles. The van der Waals surface area contributed by atoms with Crippen LogP contribution < -0.4 is 5.32 Å². The summed E-state index contributed by atoms with van der Waals surface area (Å²) in [5.74, 6) is 1.49. The zero-order valence-corrected chi connectivity index (χ0v) is 14.1. The third-order valence-corrected chi connectivity index (χ3v) is 4.41. The van der Waals surface area contributed by atoms with E-state index >= 15 is 0 Å². The van der Waals surface area contributed by atoms with Crippen molar-refractivity contribution >= 4 is 11.3 Å². The monoisotopic (exact) mass is 349 g/mol. The molecular weight excluding hydrogens is 334 g/mol. The SMILES string of the molecule is c1cnc(-c2nc(CNCc3cccnc3-n3cccn3)cs2)nc1. The van der Waals surface area contributed by atoms with Crippen LogP contribution in [-0.4, -0.2) is 29.7 Å². The summed E-state index contributed by atoms with van der Waals surface area (Å²) < 4.78 is 1.77. The van der Waals surface area contributed by atoms with Gasteiger partial charge in [-0.15, -0.1) is 11.3 Å². The van der Waals surface area contributed by atoms with E-state index in [-0.39, 0.29) is 0 Å². The number of nitrogens with zero attached hydrogens (tertiary/aromatic N) is 6. The van der Waals surface area contributed by atoms with E-state index in [4.69, 9.17) is 0 Å². The number of pyridine rings is 1. The largest absolute Gasteiger partial charge is 0.307 e.